The van der Waals surface area contributed by atoms with E-state index < -0.39 is 0 Å². The number of thiazole rings is 1. The van der Waals surface area contributed by atoms with Gasteiger partial charge in [0.2, 0.25) is 5.95 Å². The number of aromatic nitrogens is 3. The maximum Gasteiger partial charge on any atom is 0.228 e. The average Bonchev–Trinajstić information content (AvgIpc) is 2.61. The van der Waals surface area contributed by atoms with Gasteiger partial charge < -0.3 is 10.4 Å². The summed E-state index contributed by atoms with van der Waals surface area (Å²) in [6, 6.07) is 1.76. The van der Waals surface area contributed by atoms with Gasteiger partial charge in [0.1, 0.15) is 0 Å². The zero-order valence-corrected chi connectivity index (χ0v) is 9.66. The van der Waals surface area contributed by atoms with Gasteiger partial charge in [-0.1, -0.05) is 0 Å². The summed E-state index contributed by atoms with van der Waals surface area (Å²) in [5.41, 5.74) is 0.942. The van der Waals surface area contributed by atoms with Gasteiger partial charge >= 0.3 is 0 Å². The Labute approximate surface area is 97.2 Å². The molecule has 5 nitrogen and oxygen atoms in total. The molecule has 0 amide bonds. The van der Waals surface area contributed by atoms with E-state index in [2.05, 4.69) is 20.3 Å². The second-order valence-electron chi connectivity index (χ2n) is 3.20. The number of rotatable bonds is 4. The smallest absolute Gasteiger partial charge is 0.228 e. The Morgan fingerprint density at radius 2 is 2.12 bits per heavy atom. The van der Waals surface area contributed by atoms with Gasteiger partial charge in [-0.05, 0) is 13.0 Å². The molecule has 0 aliphatic carbocycles. The summed E-state index contributed by atoms with van der Waals surface area (Å²) < 4.78 is 0. The van der Waals surface area contributed by atoms with Crippen molar-refractivity contribution in [1.82, 2.24) is 15.0 Å². The first kappa shape index (κ1) is 11.0. The summed E-state index contributed by atoms with van der Waals surface area (Å²) >= 11 is 1.52. The lowest BCUT2D eigenvalue weighted by Gasteiger charge is -1.97. The van der Waals surface area contributed by atoms with Crippen LogP contribution >= 0.6 is 11.3 Å². The molecule has 0 aliphatic heterocycles. The van der Waals surface area contributed by atoms with Crippen molar-refractivity contribution in [2.75, 3.05) is 11.9 Å². The number of aliphatic hydroxyl groups excluding tert-OH is 1. The third-order valence-electron chi connectivity index (χ3n) is 2.02. The van der Waals surface area contributed by atoms with Gasteiger partial charge in [-0.25, -0.2) is 15.0 Å². The Kier molecular flexibility index (Phi) is 3.43. The molecule has 0 saturated carbocycles. The summed E-state index contributed by atoms with van der Waals surface area (Å²) in [5, 5.41) is 12.7. The molecule has 2 rings (SSSR count). The number of nitrogens with one attached hydrogen (secondary N) is 1. The quantitative estimate of drug-likeness (QED) is 0.842. The Morgan fingerprint density at radius 1 is 1.38 bits per heavy atom. The summed E-state index contributed by atoms with van der Waals surface area (Å²) in [4.78, 5) is 13.5. The largest absolute Gasteiger partial charge is 0.396 e. The Hall–Kier alpha value is -1.53. The molecule has 0 radical (unpaired) electrons. The highest BCUT2D eigenvalue weighted by Gasteiger charge is 2.07. The molecule has 84 valence electrons. The van der Waals surface area contributed by atoms with Crippen LogP contribution in [0, 0.1) is 6.92 Å². The van der Waals surface area contributed by atoms with Crippen LogP contribution in [0.3, 0.4) is 0 Å². The third-order valence-corrected chi connectivity index (χ3v) is 3.15. The Bertz CT molecular complexity index is 457. The molecule has 2 N–H and O–H groups in total. The van der Waals surface area contributed by atoms with Crippen LogP contribution in [0.1, 0.15) is 10.6 Å². The molecule has 0 aromatic carbocycles. The van der Waals surface area contributed by atoms with Gasteiger partial charge in [-0.2, -0.15) is 0 Å². The van der Waals surface area contributed by atoms with Crippen molar-refractivity contribution >= 4 is 22.4 Å². The molecule has 2 heterocycles. The van der Waals surface area contributed by atoms with Crippen molar-refractivity contribution in [2.24, 2.45) is 0 Å². The Balaban J connectivity index is 2.13. The maximum absolute atomic E-state index is 8.88. The lowest BCUT2D eigenvalue weighted by molar-refractivity contribution is 0.300. The third kappa shape index (κ3) is 2.53. The fraction of sp³-hybridized carbons (Fsp3) is 0.300. The average molecular weight is 236 g/mol. The number of aryl methyl sites for hydroxylation is 1. The number of nitrogens with zero attached hydrogens (tertiary/aromatic N) is 3. The van der Waals surface area contributed by atoms with E-state index in [0.717, 1.165) is 15.7 Å². The van der Waals surface area contributed by atoms with Crippen LogP contribution in [0.2, 0.25) is 0 Å². The van der Waals surface area contributed by atoms with Gasteiger partial charge in [0.25, 0.3) is 0 Å². The monoisotopic (exact) mass is 236 g/mol. The van der Waals surface area contributed by atoms with Gasteiger partial charge in [0.15, 0.2) is 5.13 Å². The lowest BCUT2D eigenvalue weighted by atomic mass is 10.3. The molecule has 0 saturated heterocycles. The predicted octanol–water partition coefficient (Wildman–Crippen LogP) is 1.52. The fourth-order valence-corrected chi connectivity index (χ4v) is 2.22. The highest BCUT2D eigenvalue weighted by molar-refractivity contribution is 7.15. The normalized spacial score (nSPS) is 10.4. The van der Waals surface area contributed by atoms with Crippen LogP contribution in [-0.4, -0.2) is 26.7 Å². The highest BCUT2D eigenvalue weighted by Crippen LogP contribution is 2.24. The second-order valence-corrected chi connectivity index (χ2v) is 4.28. The minimum absolute atomic E-state index is 0.143. The predicted molar refractivity (Wildman–Crippen MR) is 63.0 cm³/mol. The molecule has 6 heteroatoms. The molecular weight excluding hydrogens is 224 g/mol. The standard InChI is InChI=1S/C10H12N4OS/c1-7-8(3-6-15)16-10(13-7)14-9-11-4-2-5-12-9/h2,4-5,15H,3,6H2,1H3,(H,11,12,13,14). The minimum Gasteiger partial charge on any atom is -0.396 e. The van der Waals surface area contributed by atoms with Gasteiger partial charge in [0, 0.05) is 30.3 Å². The van der Waals surface area contributed by atoms with Crippen LogP contribution in [0.5, 0.6) is 0 Å². The first-order chi connectivity index (χ1) is 7.79. The first-order valence-corrected chi connectivity index (χ1v) is 5.72. The van der Waals surface area contributed by atoms with Crippen molar-refractivity contribution in [3.05, 3.63) is 29.0 Å². The van der Waals surface area contributed by atoms with E-state index in [1.54, 1.807) is 18.5 Å². The molecule has 0 bridgehead atoms. The molecule has 16 heavy (non-hydrogen) atoms. The lowest BCUT2D eigenvalue weighted by Crippen LogP contribution is -1.94. The summed E-state index contributed by atoms with van der Waals surface area (Å²) in [7, 11) is 0. The number of hydrogen-bond acceptors (Lipinski definition) is 6. The molecule has 2 aromatic heterocycles. The van der Waals surface area contributed by atoms with Gasteiger partial charge in [-0.3, -0.25) is 0 Å². The van der Waals surface area contributed by atoms with Crippen molar-refractivity contribution in [3.8, 4) is 0 Å². The Morgan fingerprint density at radius 3 is 2.81 bits per heavy atom. The van der Waals surface area contributed by atoms with Crippen molar-refractivity contribution in [1.29, 1.82) is 0 Å². The van der Waals surface area contributed by atoms with E-state index in [4.69, 9.17) is 5.11 Å². The zero-order chi connectivity index (χ0) is 11.4. The van der Waals surface area contributed by atoms with E-state index in [9.17, 15) is 0 Å². The van der Waals surface area contributed by atoms with Crippen LogP contribution in [0.4, 0.5) is 11.1 Å². The molecule has 0 spiro atoms. The molecule has 0 fully saturated rings. The molecule has 0 atom stereocenters. The van der Waals surface area contributed by atoms with Crippen LogP contribution < -0.4 is 5.32 Å². The number of hydrogen-bond donors (Lipinski definition) is 2. The number of aliphatic hydroxyl groups is 1. The summed E-state index contributed by atoms with van der Waals surface area (Å²) in [6.07, 6.45) is 3.98. The van der Waals surface area contributed by atoms with Crippen LogP contribution in [0.15, 0.2) is 18.5 Å². The van der Waals surface area contributed by atoms with Crippen LogP contribution in [-0.2, 0) is 6.42 Å². The topological polar surface area (TPSA) is 70.9 Å². The first-order valence-electron chi connectivity index (χ1n) is 4.91. The minimum atomic E-state index is 0.143. The van der Waals surface area contributed by atoms with E-state index in [-0.39, 0.29) is 6.61 Å². The number of anilines is 2. The zero-order valence-electron chi connectivity index (χ0n) is 8.84. The van der Waals surface area contributed by atoms with Crippen molar-refractivity contribution < 1.29 is 5.11 Å². The molecular formula is C10H12N4OS. The second kappa shape index (κ2) is 5.00. The van der Waals surface area contributed by atoms with Crippen molar-refractivity contribution in [3.63, 3.8) is 0 Å². The van der Waals surface area contributed by atoms with Gasteiger partial charge in [0.05, 0.1) is 5.69 Å². The van der Waals surface area contributed by atoms with Gasteiger partial charge in [-0.15, -0.1) is 11.3 Å². The van der Waals surface area contributed by atoms with E-state index in [1.807, 2.05) is 6.92 Å². The SMILES string of the molecule is Cc1nc(Nc2ncccn2)sc1CCO. The van der Waals surface area contributed by atoms with E-state index in [0.29, 0.717) is 12.4 Å². The summed E-state index contributed by atoms with van der Waals surface area (Å²) in [5.74, 6) is 0.534. The van der Waals surface area contributed by atoms with Crippen LogP contribution in [0.25, 0.3) is 0 Å². The maximum atomic E-state index is 8.88. The summed E-state index contributed by atoms with van der Waals surface area (Å²) in [6.45, 7) is 2.07. The fourth-order valence-electron chi connectivity index (χ4n) is 1.27. The van der Waals surface area contributed by atoms with Crippen molar-refractivity contribution in [2.45, 2.75) is 13.3 Å². The molecule has 0 aliphatic rings. The molecule has 0 unspecified atom stereocenters. The van der Waals surface area contributed by atoms with E-state index in [1.165, 1.54) is 11.3 Å². The highest BCUT2D eigenvalue weighted by atomic mass is 32.1. The molecule has 2 aromatic rings. The van der Waals surface area contributed by atoms with E-state index >= 15 is 0 Å².